The largest absolute Gasteiger partial charge is 0.497 e. The molecule has 1 aromatic carbocycles. The highest BCUT2D eigenvalue weighted by Gasteiger charge is 2.07. The second kappa shape index (κ2) is 6.89. The summed E-state index contributed by atoms with van der Waals surface area (Å²) in [4.78, 5) is 0. The normalized spacial score (nSPS) is 11.5. The number of hydrogen-bond acceptors (Lipinski definition) is 5. The molecule has 0 amide bonds. The fourth-order valence-corrected chi connectivity index (χ4v) is 2.13. The Labute approximate surface area is 137 Å². The molecule has 2 heterocycles. The number of aromatic nitrogens is 3. The van der Waals surface area contributed by atoms with E-state index in [1.807, 2.05) is 36.4 Å². The van der Waals surface area contributed by atoms with Crippen LogP contribution in [0.1, 0.15) is 5.76 Å². The number of benzene rings is 1. The van der Waals surface area contributed by atoms with Crippen molar-refractivity contribution >= 4 is 24.5 Å². The van der Waals surface area contributed by atoms with Gasteiger partial charge in [0, 0.05) is 11.8 Å². The fraction of sp³-hybridized carbons (Fsp3) is 0.0625. The SMILES string of the molecule is COc1ccc(-c2n[nH]c(=S)n2N=CC=Cc2ccco2)cc1. The van der Waals surface area contributed by atoms with Gasteiger partial charge in [0.1, 0.15) is 11.5 Å². The highest BCUT2D eigenvalue weighted by Crippen LogP contribution is 2.20. The molecule has 0 bridgehead atoms. The fourth-order valence-electron chi connectivity index (χ4n) is 1.95. The molecule has 0 radical (unpaired) electrons. The van der Waals surface area contributed by atoms with Crippen LogP contribution in [-0.4, -0.2) is 28.2 Å². The van der Waals surface area contributed by atoms with E-state index in [0.29, 0.717) is 10.6 Å². The summed E-state index contributed by atoms with van der Waals surface area (Å²) >= 11 is 5.21. The summed E-state index contributed by atoms with van der Waals surface area (Å²) in [7, 11) is 1.63. The first-order chi connectivity index (χ1) is 11.3. The molecule has 1 N–H and O–H groups in total. The summed E-state index contributed by atoms with van der Waals surface area (Å²) in [5, 5.41) is 11.3. The molecule has 0 spiro atoms. The topological polar surface area (TPSA) is 68.3 Å². The Kier molecular flexibility index (Phi) is 4.49. The van der Waals surface area contributed by atoms with E-state index >= 15 is 0 Å². The smallest absolute Gasteiger partial charge is 0.216 e. The Morgan fingerprint density at radius 3 is 2.83 bits per heavy atom. The van der Waals surface area contributed by atoms with E-state index in [-0.39, 0.29) is 0 Å². The van der Waals surface area contributed by atoms with E-state index in [1.165, 1.54) is 0 Å². The van der Waals surface area contributed by atoms with E-state index in [2.05, 4.69) is 15.3 Å². The monoisotopic (exact) mass is 326 g/mol. The maximum absolute atomic E-state index is 5.21. The van der Waals surface area contributed by atoms with Crippen LogP contribution in [0.25, 0.3) is 17.5 Å². The minimum absolute atomic E-state index is 0.415. The summed E-state index contributed by atoms with van der Waals surface area (Å²) in [5.41, 5.74) is 0.880. The highest BCUT2D eigenvalue weighted by atomic mass is 32.1. The van der Waals surface area contributed by atoms with Gasteiger partial charge in [0.2, 0.25) is 4.77 Å². The zero-order valence-corrected chi connectivity index (χ0v) is 13.2. The van der Waals surface area contributed by atoms with Crippen LogP contribution in [0.15, 0.2) is 58.3 Å². The van der Waals surface area contributed by atoms with Gasteiger partial charge in [-0.25, -0.2) is 5.10 Å². The van der Waals surface area contributed by atoms with Crippen LogP contribution in [0.3, 0.4) is 0 Å². The van der Waals surface area contributed by atoms with E-state index in [0.717, 1.165) is 17.1 Å². The average molecular weight is 326 g/mol. The van der Waals surface area contributed by atoms with Crippen LogP contribution in [0, 0.1) is 4.77 Å². The predicted molar refractivity (Wildman–Crippen MR) is 91.0 cm³/mol. The van der Waals surface area contributed by atoms with Gasteiger partial charge in [-0.1, -0.05) is 0 Å². The summed E-state index contributed by atoms with van der Waals surface area (Å²) in [6, 6.07) is 11.2. The predicted octanol–water partition coefficient (Wildman–Crippen LogP) is 3.76. The standard InChI is InChI=1S/C16H14N4O2S/c1-21-13-8-6-12(7-9-13)15-18-19-16(23)20(15)17-10-2-4-14-5-3-11-22-14/h2-11H,1H3,(H,19,23). The van der Waals surface area contributed by atoms with Crippen molar-refractivity contribution in [3.8, 4) is 17.1 Å². The lowest BCUT2D eigenvalue weighted by molar-refractivity contribution is 0.415. The number of nitrogens with one attached hydrogen (secondary N) is 1. The molecule has 0 aliphatic rings. The van der Waals surface area contributed by atoms with Crippen molar-refractivity contribution in [2.24, 2.45) is 5.10 Å². The molecule has 3 rings (SSSR count). The number of allylic oxidation sites excluding steroid dienone is 1. The number of nitrogens with zero attached hydrogens (tertiary/aromatic N) is 3. The second-order valence-electron chi connectivity index (χ2n) is 4.53. The van der Waals surface area contributed by atoms with Crippen molar-refractivity contribution in [1.82, 2.24) is 14.9 Å². The van der Waals surface area contributed by atoms with Crippen molar-refractivity contribution in [3.05, 3.63) is 59.3 Å². The molecular weight excluding hydrogens is 312 g/mol. The highest BCUT2D eigenvalue weighted by molar-refractivity contribution is 7.71. The van der Waals surface area contributed by atoms with Gasteiger partial charge in [0.05, 0.1) is 13.4 Å². The second-order valence-corrected chi connectivity index (χ2v) is 4.92. The Morgan fingerprint density at radius 1 is 1.30 bits per heavy atom. The number of methoxy groups -OCH3 is 1. The van der Waals surface area contributed by atoms with E-state index < -0.39 is 0 Å². The number of furan rings is 1. The van der Waals surface area contributed by atoms with Gasteiger partial charge in [0.25, 0.3) is 0 Å². The molecule has 0 aliphatic carbocycles. The van der Waals surface area contributed by atoms with Gasteiger partial charge < -0.3 is 9.15 Å². The molecular formula is C16H14N4O2S. The van der Waals surface area contributed by atoms with Crippen molar-refractivity contribution in [2.45, 2.75) is 0 Å². The number of H-pyrrole nitrogens is 1. The molecule has 0 saturated heterocycles. The van der Waals surface area contributed by atoms with Crippen molar-refractivity contribution in [1.29, 1.82) is 0 Å². The lowest BCUT2D eigenvalue weighted by atomic mass is 10.2. The van der Waals surface area contributed by atoms with Crippen LogP contribution >= 0.6 is 12.2 Å². The first-order valence-corrected chi connectivity index (χ1v) is 7.25. The van der Waals surface area contributed by atoms with Gasteiger partial charge in [-0.05, 0) is 60.8 Å². The minimum Gasteiger partial charge on any atom is -0.497 e. The third kappa shape index (κ3) is 3.46. The average Bonchev–Trinajstić information content (AvgIpc) is 3.22. The number of ether oxygens (including phenoxy) is 1. The molecule has 2 aromatic heterocycles. The molecule has 23 heavy (non-hydrogen) atoms. The summed E-state index contributed by atoms with van der Waals surface area (Å²) < 4.78 is 12.3. The number of aromatic amines is 1. The van der Waals surface area contributed by atoms with Gasteiger partial charge in [0.15, 0.2) is 5.82 Å². The van der Waals surface area contributed by atoms with E-state index in [4.69, 9.17) is 21.4 Å². The molecule has 0 atom stereocenters. The Morgan fingerprint density at radius 2 is 2.13 bits per heavy atom. The van der Waals surface area contributed by atoms with Gasteiger partial charge in [-0.15, -0.1) is 0 Å². The minimum atomic E-state index is 0.415. The lowest BCUT2D eigenvalue weighted by Crippen LogP contribution is -1.93. The van der Waals surface area contributed by atoms with Gasteiger partial charge in [-0.2, -0.15) is 14.9 Å². The van der Waals surface area contributed by atoms with Gasteiger partial charge in [-0.3, -0.25) is 0 Å². The van der Waals surface area contributed by atoms with E-state index in [1.54, 1.807) is 36.4 Å². The van der Waals surface area contributed by atoms with Crippen LogP contribution in [0.5, 0.6) is 5.75 Å². The van der Waals surface area contributed by atoms with E-state index in [9.17, 15) is 0 Å². The molecule has 0 aliphatic heterocycles. The Balaban J connectivity index is 1.85. The Bertz CT molecular complexity index is 874. The quantitative estimate of drug-likeness (QED) is 0.572. The maximum atomic E-state index is 5.21. The summed E-state index contributed by atoms with van der Waals surface area (Å²) in [6.07, 6.45) is 6.82. The zero-order valence-electron chi connectivity index (χ0n) is 12.3. The number of hydrogen-bond donors (Lipinski definition) is 1. The number of rotatable bonds is 5. The van der Waals surface area contributed by atoms with Crippen molar-refractivity contribution in [3.63, 3.8) is 0 Å². The van der Waals surface area contributed by atoms with Crippen molar-refractivity contribution in [2.75, 3.05) is 7.11 Å². The molecule has 116 valence electrons. The Hall–Kier alpha value is -2.93. The van der Waals surface area contributed by atoms with Gasteiger partial charge >= 0.3 is 0 Å². The molecule has 0 fully saturated rings. The van der Waals surface area contributed by atoms with Crippen LogP contribution in [-0.2, 0) is 0 Å². The molecule has 0 unspecified atom stereocenters. The maximum Gasteiger partial charge on any atom is 0.216 e. The van der Waals surface area contributed by atoms with Crippen LogP contribution < -0.4 is 4.74 Å². The lowest BCUT2D eigenvalue weighted by Gasteiger charge is -2.02. The van der Waals surface area contributed by atoms with Crippen LogP contribution in [0.4, 0.5) is 0 Å². The molecule has 6 nitrogen and oxygen atoms in total. The summed E-state index contributed by atoms with van der Waals surface area (Å²) in [6.45, 7) is 0. The first kappa shape index (κ1) is 15.0. The van der Waals surface area contributed by atoms with Crippen molar-refractivity contribution < 1.29 is 9.15 Å². The van der Waals surface area contributed by atoms with Crippen LogP contribution in [0.2, 0.25) is 0 Å². The third-order valence-corrected chi connectivity index (χ3v) is 3.33. The molecule has 3 aromatic rings. The molecule has 7 heteroatoms. The zero-order chi connectivity index (χ0) is 16.1. The third-order valence-electron chi connectivity index (χ3n) is 3.07. The summed E-state index contributed by atoms with van der Waals surface area (Å²) in [5.74, 6) is 2.15. The first-order valence-electron chi connectivity index (χ1n) is 6.84. The molecule has 0 saturated carbocycles.